The molecule has 0 aliphatic rings. The van der Waals surface area contributed by atoms with Crippen LogP contribution in [0.3, 0.4) is 0 Å². The molecule has 0 spiro atoms. The van der Waals surface area contributed by atoms with Gasteiger partial charge < -0.3 is 29.4 Å². The number of carbonyl (C=O) groups is 1. The van der Waals surface area contributed by atoms with E-state index < -0.39 is 5.54 Å². The van der Waals surface area contributed by atoms with Crippen LogP contribution < -0.4 is 24.3 Å². The van der Waals surface area contributed by atoms with Crippen molar-refractivity contribution in [3.05, 3.63) is 90.0 Å². The molecule has 216 valence electrons. The van der Waals surface area contributed by atoms with E-state index in [1.807, 2.05) is 61.5 Å². The third-order valence-electron chi connectivity index (χ3n) is 7.61. The highest BCUT2D eigenvalue weighted by Crippen LogP contribution is 2.41. The molecule has 5 aromatic rings. The minimum absolute atomic E-state index is 0.110. The van der Waals surface area contributed by atoms with Gasteiger partial charge in [0.15, 0.2) is 11.5 Å². The highest BCUT2D eigenvalue weighted by molar-refractivity contribution is 6.08. The molecule has 2 N–H and O–H groups in total. The number of aromatic nitrogens is 1. The first-order valence-corrected chi connectivity index (χ1v) is 13.6. The SMILES string of the molecule is COc1ccc2nc(-c3cc(OC)c(OC)c(OC)c3)cc(C(=O)N[C@](C)(CCO)c3cccc4ccccc34)c2c1. The maximum absolute atomic E-state index is 14.3. The molecular formula is C34H34N2O6. The van der Waals surface area contributed by atoms with Crippen LogP contribution in [-0.4, -0.2) is 51.0 Å². The summed E-state index contributed by atoms with van der Waals surface area (Å²) in [6.45, 7) is 1.83. The van der Waals surface area contributed by atoms with E-state index in [0.717, 1.165) is 16.3 Å². The maximum atomic E-state index is 14.3. The summed E-state index contributed by atoms with van der Waals surface area (Å²) in [6, 6.07) is 24.8. The van der Waals surface area contributed by atoms with E-state index in [9.17, 15) is 9.90 Å². The summed E-state index contributed by atoms with van der Waals surface area (Å²) in [5, 5.41) is 16.0. The first-order chi connectivity index (χ1) is 20.3. The Hall–Kier alpha value is -4.82. The number of methoxy groups -OCH3 is 4. The van der Waals surface area contributed by atoms with E-state index in [4.69, 9.17) is 23.9 Å². The number of aliphatic hydroxyl groups excluding tert-OH is 1. The quantitative estimate of drug-likeness (QED) is 0.210. The molecule has 0 aliphatic heterocycles. The van der Waals surface area contributed by atoms with Gasteiger partial charge in [-0.3, -0.25) is 4.79 Å². The van der Waals surface area contributed by atoms with E-state index in [1.165, 1.54) is 0 Å². The molecule has 1 aromatic heterocycles. The predicted octanol–water partition coefficient (Wildman–Crippen LogP) is 6.12. The number of carbonyl (C=O) groups excluding carboxylic acids is 1. The second-order valence-corrected chi connectivity index (χ2v) is 10.1. The highest BCUT2D eigenvalue weighted by Gasteiger charge is 2.31. The summed E-state index contributed by atoms with van der Waals surface area (Å²) < 4.78 is 22.1. The van der Waals surface area contributed by atoms with Gasteiger partial charge in [-0.05, 0) is 66.1 Å². The van der Waals surface area contributed by atoms with Gasteiger partial charge in [0, 0.05) is 17.6 Å². The first-order valence-electron chi connectivity index (χ1n) is 13.6. The smallest absolute Gasteiger partial charge is 0.252 e. The molecule has 1 heterocycles. The van der Waals surface area contributed by atoms with Crippen molar-refractivity contribution in [1.29, 1.82) is 0 Å². The molecule has 0 bridgehead atoms. The molecular weight excluding hydrogens is 532 g/mol. The monoisotopic (exact) mass is 566 g/mol. The van der Waals surface area contributed by atoms with E-state index >= 15 is 0 Å². The second kappa shape index (κ2) is 12.0. The van der Waals surface area contributed by atoms with Crippen molar-refractivity contribution in [3.8, 4) is 34.3 Å². The van der Waals surface area contributed by atoms with Crippen molar-refractivity contribution in [2.45, 2.75) is 18.9 Å². The zero-order chi connectivity index (χ0) is 29.9. The molecule has 42 heavy (non-hydrogen) atoms. The number of rotatable bonds is 10. The second-order valence-electron chi connectivity index (χ2n) is 10.1. The lowest BCUT2D eigenvalue weighted by atomic mass is 9.85. The van der Waals surface area contributed by atoms with Crippen molar-refractivity contribution in [1.82, 2.24) is 10.3 Å². The summed E-state index contributed by atoms with van der Waals surface area (Å²) in [4.78, 5) is 19.1. The van der Waals surface area contributed by atoms with E-state index in [2.05, 4.69) is 5.32 Å². The number of pyridine rings is 1. The number of nitrogens with zero attached hydrogens (tertiary/aromatic N) is 1. The Morgan fingerprint density at radius 1 is 0.833 bits per heavy atom. The van der Waals surface area contributed by atoms with Crippen LogP contribution in [0.15, 0.2) is 78.9 Å². The summed E-state index contributed by atoms with van der Waals surface area (Å²) in [6.07, 6.45) is 0.318. The molecule has 0 saturated carbocycles. The fraction of sp³-hybridized carbons (Fsp3) is 0.235. The normalized spacial score (nSPS) is 12.5. The summed E-state index contributed by atoms with van der Waals surface area (Å²) in [5.41, 5.74) is 2.31. The summed E-state index contributed by atoms with van der Waals surface area (Å²) in [7, 11) is 6.23. The third-order valence-corrected chi connectivity index (χ3v) is 7.61. The largest absolute Gasteiger partial charge is 0.497 e. The Morgan fingerprint density at radius 2 is 1.55 bits per heavy atom. The van der Waals surface area contributed by atoms with Gasteiger partial charge in [0.2, 0.25) is 5.75 Å². The minimum Gasteiger partial charge on any atom is -0.497 e. The van der Waals surface area contributed by atoms with E-state index in [0.29, 0.717) is 57.1 Å². The average Bonchev–Trinajstić information content (AvgIpc) is 3.02. The zero-order valence-corrected chi connectivity index (χ0v) is 24.4. The van der Waals surface area contributed by atoms with Crippen LogP contribution in [0.1, 0.15) is 29.3 Å². The van der Waals surface area contributed by atoms with Crippen molar-refractivity contribution < 1.29 is 28.8 Å². The number of aliphatic hydroxyl groups is 1. The standard InChI is InChI=1S/C34H34N2O6/c1-34(15-16-37,27-12-8-10-21-9-6-7-11-24(21)27)36-33(38)26-20-29(35-28-14-13-23(39-2)19-25(26)28)22-17-30(40-3)32(42-5)31(18-22)41-4/h6-14,17-20,37H,15-16H2,1-5H3,(H,36,38)/t34-/m1/s1. The molecule has 8 nitrogen and oxygen atoms in total. The van der Waals surface area contributed by atoms with Gasteiger partial charge >= 0.3 is 0 Å². The first kappa shape index (κ1) is 28.7. The van der Waals surface area contributed by atoms with Crippen LogP contribution in [-0.2, 0) is 5.54 Å². The molecule has 0 unspecified atom stereocenters. The predicted molar refractivity (Wildman–Crippen MR) is 164 cm³/mol. The number of nitrogens with one attached hydrogen (secondary N) is 1. The van der Waals surface area contributed by atoms with Crippen LogP contribution in [0.2, 0.25) is 0 Å². The average molecular weight is 567 g/mol. The number of fused-ring (bicyclic) bond motifs is 2. The Labute approximate surface area is 244 Å². The van der Waals surface area contributed by atoms with Gasteiger partial charge in [-0.15, -0.1) is 0 Å². The minimum atomic E-state index is -0.867. The molecule has 8 heteroatoms. The molecule has 1 atom stereocenters. The molecule has 5 rings (SSSR count). The zero-order valence-electron chi connectivity index (χ0n) is 24.4. The Morgan fingerprint density at radius 3 is 2.21 bits per heavy atom. The van der Waals surface area contributed by atoms with Crippen LogP contribution >= 0.6 is 0 Å². The van der Waals surface area contributed by atoms with Gasteiger partial charge in [-0.25, -0.2) is 4.98 Å². The van der Waals surface area contributed by atoms with Crippen LogP contribution in [0.25, 0.3) is 32.9 Å². The Balaban J connectivity index is 1.67. The van der Waals surface area contributed by atoms with Crippen molar-refractivity contribution in [2.24, 2.45) is 0 Å². The van der Waals surface area contributed by atoms with Crippen LogP contribution in [0, 0.1) is 0 Å². The molecule has 0 aliphatic carbocycles. The van der Waals surface area contributed by atoms with Gasteiger partial charge in [-0.2, -0.15) is 0 Å². The number of ether oxygens (including phenoxy) is 4. The number of amides is 1. The van der Waals surface area contributed by atoms with Gasteiger partial charge in [0.05, 0.1) is 50.8 Å². The molecule has 0 saturated heterocycles. The van der Waals surface area contributed by atoms with Gasteiger partial charge in [0.1, 0.15) is 5.75 Å². The van der Waals surface area contributed by atoms with Gasteiger partial charge in [0.25, 0.3) is 5.91 Å². The Bertz CT molecular complexity index is 1740. The Kier molecular flexibility index (Phi) is 8.17. The number of hydrogen-bond donors (Lipinski definition) is 2. The summed E-state index contributed by atoms with van der Waals surface area (Å²) in [5.74, 6) is 1.70. The lowest BCUT2D eigenvalue weighted by Gasteiger charge is -2.32. The van der Waals surface area contributed by atoms with Crippen molar-refractivity contribution in [2.75, 3.05) is 35.0 Å². The fourth-order valence-corrected chi connectivity index (χ4v) is 5.41. The fourth-order valence-electron chi connectivity index (χ4n) is 5.41. The molecule has 4 aromatic carbocycles. The lowest BCUT2D eigenvalue weighted by molar-refractivity contribution is 0.0890. The molecule has 0 fully saturated rings. The highest BCUT2D eigenvalue weighted by atomic mass is 16.5. The lowest BCUT2D eigenvalue weighted by Crippen LogP contribution is -2.44. The third kappa shape index (κ3) is 5.29. The van der Waals surface area contributed by atoms with Crippen LogP contribution in [0.4, 0.5) is 0 Å². The summed E-state index contributed by atoms with van der Waals surface area (Å²) >= 11 is 0. The number of hydrogen-bond acceptors (Lipinski definition) is 7. The maximum Gasteiger partial charge on any atom is 0.252 e. The van der Waals surface area contributed by atoms with Crippen molar-refractivity contribution >= 4 is 27.6 Å². The topological polar surface area (TPSA) is 99.1 Å². The van der Waals surface area contributed by atoms with Crippen LogP contribution in [0.5, 0.6) is 23.0 Å². The van der Waals surface area contributed by atoms with E-state index in [-0.39, 0.29) is 12.5 Å². The molecule has 0 radical (unpaired) electrons. The number of benzene rings is 4. The molecule has 1 amide bonds. The van der Waals surface area contributed by atoms with Gasteiger partial charge in [-0.1, -0.05) is 42.5 Å². The van der Waals surface area contributed by atoms with Crippen molar-refractivity contribution in [3.63, 3.8) is 0 Å². The van der Waals surface area contributed by atoms with E-state index in [1.54, 1.807) is 52.7 Å².